The summed E-state index contributed by atoms with van der Waals surface area (Å²) in [6, 6.07) is 0. The van der Waals surface area contributed by atoms with Crippen LogP contribution in [-0.4, -0.2) is 25.8 Å². The summed E-state index contributed by atoms with van der Waals surface area (Å²) < 4.78 is 10.3. The standard InChI is InChI=1S/C33H64O3/c1-3-5-6-7-8-9-10-11-12-13-14-15-16-17-18-19-20-21-22-23-24-25-26-27-28-29-30-35-31-32-36-33(34)4-2/h4H,2-3,5-32H2,1H3. The zero-order valence-corrected chi connectivity index (χ0v) is 24.5. The lowest BCUT2D eigenvalue weighted by molar-refractivity contribution is -0.139. The van der Waals surface area contributed by atoms with Crippen LogP contribution in [0.5, 0.6) is 0 Å². The number of hydrogen-bond acceptors (Lipinski definition) is 3. The van der Waals surface area contributed by atoms with Crippen molar-refractivity contribution in [2.45, 2.75) is 174 Å². The van der Waals surface area contributed by atoms with Crippen LogP contribution in [-0.2, 0) is 14.3 Å². The molecule has 0 bridgehead atoms. The zero-order valence-electron chi connectivity index (χ0n) is 24.5. The van der Waals surface area contributed by atoms with Crippen molar-refractivity contribution in [1.82, 2.24) is 0 Å². The molecule has 0 saturated carbocycles. The van der Waals surface area contributed by atoms with E-state index in [-0.39, 0.29) is 5.97 Å². The molecular formula is C33H64O3. The van der Waals surface area contributed by atoms with Crippen molar-refractivity contribution >= 4 is 5.97 Å². The zero-order chi connectivity index (χ0) is 26.2. The van der Waals surface area contributed by atoms with Crippen LogP contribution in [0.1, 0.15) is 174 Å². The number of carbonyl (C=O) groups is 1. The molecule has 0 saturated heterocycles. The number of esters is 1. The third-order valence-corrected chi connectivity index (χ3v) is 7.28. The summed E-state index contributed by atoms with van der Waals surface area (Å²) in [5, 5.41) is 0. The summed E-state index contributed by atoms with van der Waals surface area (Å²) in [5.74, 6) is -0.376. The van der Waals surface area contributed by atoms with Crippen molar-refractivity contribution in [1.29, 1.82) is 0 Å². The molecule has 0 atom stereocenters. The first-order chi connectivity index (χ1) is 17.8. The Kier molecular flexibility index (Phi) is 31.5. The topological polar surface area (TPSA) is 35.5 Å². The van der Waals surface area contributed by atoms with Gasteiger partial charge in [0.1, 0.15) is 6.61 Å². The molecule has 0 amide bonds. The van der Waals surface area contributed by atoms with Crippen LogP contribution in [0, 0.1) is 0 Å². The highest BCUT2D eigenvalue weighted by Gasteiger charge is 1.97. The van der Waals surface area contributed by atoms with Crippen LogP contribution in [0.25, 0.3) is 0 Å². The Labute approximate surface area is 226 Å². The lowest BCUT2D eigenvalue weighted by Crippen LogP contribution is -2.08. The molecule has 0 aromatic rings. The molecule has 0 aromatic heterocycles. The van der Waals surface area contributed by atoms with E-state index in [1.54, 1.807) is 0 Å². The molecule has 0 rings (SSSR count). The van der Waals surface area contributed by atoms with E-state index in [2.05, 4.69) is 13.5 Å². The summed E-state index contributed by atoms with van der Waals surface area (Å²) >= 11 is 0. The molecule has 0 aliphatic heterocycles. The van der Waals surface area contributed by atoms with Gasteiger partial charge < -0.3 is 9.47 Å². The Balaban J connectivity index is 3.03. The largest absolute Gasteiger partial charge is 0.460 e. The van der Waals surface area contributed by atoms with E-state index in [1.807, 2.05) is 0 Å². The van der Waals surface area contributed by atoms with Crippen molar-refractivity contribution in [3.05, 3.63) is 12.7 Å². The molecule has 0 aliphatic carbocycles. The van der Waals surface area contributed by atoms with Gasteiger partial charge in [-0.3, -0.25) is 0 Å². The van der Waals surface area contributed by atoms with E-state index in [0.717, 1.165) is 13.0 Å². The Bertz CT molecular complexity index is 435. The van der Waals surface area contributed by atoms with Gasteiger partial charge in [-0.2, -0.15) is 0 Å². The molecule has 214 valence electrons. The average molecular weight is 509 g/mol. The predicted molar refractivity (Wildman–Crippen MR) is 158 cm³/mol. The van der Waals surface area contributed by atoms with Gasteiger partial charge in [0.2, 0.25) is 0 Å². The monoisotopic (exact) mass is 508 g/mol. The third kappa shape index (κ3) is 31.2. The lowest BCUT2D eigenvalue weighted by Gasteiger charge is -2.05. The molecule has 0 heterocycles. The average Bonchev–Trinajstić information content (AvgIpc) is 2.89. The van der Waals surface area contributed by atoms with E-state index in [4.69, 9.17) is 9.47 Å². The first-order valence-corrected chi connectivity index (χ1v) is 16.2. The van der Waals surface area contributed by atoms with Gasteiger partial charge in [-0.25, -0.2) is 4.79 Å². The maximum Gasteiger partial charge on any atom is 0.330 e. The lowest BCUT2D eigenvalue weighted by atomic mass is 10.0. The minimum absolute atomic E-state index is 0.324. The van der Waals surface area contributed by atoms with E-state index in [9.17, 15) is 4.79 Å². The first kappa shape index (κ1) is 35.2. The fraction of sp³-hybridized carbons (Fsp3) is 0.909. The Hall–Kier alpha value is -0.830. The highest BCUT2D eigenvalue weighted by Crippen LogP contribution is 2.16. The first-order valence-electron chi connectivity index (χ1n) is 16.2. The SMILES string of the molecule is C=CC(=O)OCCOCCCCCCCCCCCCCCCCCCCCCCCCCCCC. The van der Waals surface area contributed by atoms with Gasteiger partial charge in [0.15, 0.2) is 0 Å². The van der Waals surface area contributed by atoms with Crippen LogP contribution >= 0.6 is 0 Å². The van der Waals surface area contributed by atoms with Crippen molar-refractivity contribution in [3.63, 3.8) is 0 Å². The van der Waals surface area contributed by atoms with Gasteiger partial charge in [0, 0.05) is 12.7 Å². The number of hydrogen-bond donors (Lipinski definition) is 0. The van der Waals surface area contributed by atoms with Crippen molar-refractivity contribution < 1.29 is 14.3 Å². The second-order valence-electron chi connectivity index (χ2n) is 10.8. The van der Waals surface area contributed by atoms with E-state index in [1.165, 1.54) is 167 Å². The van der Waals surface area contributed by atoms with E-state index in [0.29, 0.717) is 13.2 Å². The quantitative estimate of drug-likeness (QED) is 0.0530. The van der Waals surface area contributed by atoms with Gasteiger partial charge >= 0.3 is 5.97 Å². The Morgan fingerprint density at radius 2 is 0.778 bits per heavy atom. The van der Waals surface area contributed by atoms with Gasteiger partial charge in [-0.15, -0.1) is 0 Å². The Morgan fingerprint density at radius 1 is 0.472 bits per heavy atom. The highest BCUT2D eigenvalue weighted by atomic mass is 16.6. The van der Waals surface area contributed by atoms with Crippen molar-refractivity contribution in [2.24, 2.45) is 0 Å². The second-order valence-corrected chi connectivity index (χ2v) is 10.8. The van der Waals surface area contributed by atoms with Crippen LogP contribution in [0.3, 0.4) is 0 Å². The van der Waals surface area contributed by atoms with Crippen molar-refractivity contribution in [3.8, 4) is 0 Å². The van der Waals surface area contributed by atoms with Gasteiger partial charge in [-0.1, -0.05) is 174 Å². The van der Waals surface area contributed by atoms with Gasteiger partial charge in [0.25, 0.3) is 0 Å². The van der Waals surface area contributed by atoms with Crippen LogP contribution in [0.15, 0.2) is 12.7 Å². The molecule has 0 fully saturated rings. The molecule has 0 unspecified atom stereocenters. The van der Waals surface area contributed by atoms with Crippen LogP contribution < -0.4 is 0 Å². The number of rotatable bonds is 31. The fourth-order valence-corrected chi connectivity index (χ4v) is 4.88. The highest BCUT2D eigenvalue weighted by molar-refractivity contribution is 5.81. The summed E-state index contributed by atoms with van der Waals surface area (Å²) in [5.41, 5.74) is 0. The summed E-state index contributed by atoms with van der Waals surface area (Å²) in [7, 11) is 0. The second kappa shape index (κ2) is 32.2. The minimum atomic E-state index is -0.376. The smallest absolute Gasteiger partial charge is 0.330 e. The van der Waals surface area contributed by atoms with Crippen LogP contribution in [0.4, 0.5) is 0 Å². The molecule has 0 N–H and O–H groups in total. The molecule has 3 nitrogen and oxygen atoms in total. The molecule has 0 spiro atoms. The maximum absolute atomic E-state index is 10.9. The molecule has 36 heavy (non-hydrogen) atoms. The summed E-state index contributed by atoms with van der Waals surface area (Å²) in [6.45, 7) is 7.24. The molecule has 0 radical (unpaired) electrons. The molecular weight excluding hydrogens is 444 g/mol. The maximum atomic E-state index is 10.9. The molecule has 0 aromatic carbocycles. The minimum Gasteiger partial charge on any atom is -0.460 e. The predicted octanol–water partition coefficient (Wildman–Crippen LogP) is 10.9. The number of ether oxygens (including phenoxy) is 2. The third-order valence-electron chi connectivity index (χ3n) is 7.28. The summed E-state index contributed by atoms with van der Waals surface area (Å²) in [6.07, 6.45) is 38.1. The number of unbranched alkanes of at least 4 members (excludes halogenated alkanes) is 25. The molecule has 0 aliphatic rings. The number of carbonyl (C=O) groups excluding carboxylic acids is 1. The van der Waals surface area contributed by atoms with Crippen LogP contribution in [0.2, 0.25) is 0 Å². The van der Waals surface area contributed by atoms with Gasteiger partial charge in [0.05, 0.1) is 6.61 Å². The van der Waals surface area contributed by atoms with E-state index >= 15 is 0 Å². The molecule has 3 heteroatoms. The van der Waals surface area contributed by atoms with Crippen molar-refractivity contribution in [2.75, 3.05) is 19.8 Å². The Morgan fingerprint density at radius 3 is 1.08 bits per heavy atom. The van der Waals surface area contributed by atoms with Gasteiger partial charge in [-0.05, 0) is 6.42 Å². The van der Waals surface area contributed by atoms with E-state index < -0.39 is 0 Å². The fourth-order valence-electron chi connectivity index (χ4n) is 4.88. The summed E-state index contributed by atoms with van der Waals surface area (Å²) in [4.78, 5) is 10.9. The normalized spacial score (nSPS) is 11.1.